The molecule has 4 rings (SSSR count). The highest BCUT2D eigenvalue weighted by Gasteiger charge is 2.66. The number of imide groups is 1. The van der Waals surface area contributed by atoms with Crippen LogP contribution < -0.4 is 15.4 Å². The standard InChI is InChI=1S/C18H19F3N2O4/c1-26-11-4-6-16(7-5-11)9-10-2-3-12(27-18(19,20)21)8-13(10)17(16)14(24)22-15(25)23-17/h2-3,8,11H,4-7,9H2,1H3,(H2,22,23,24,25). The highest BCUT2D eigenvalue weighted by molar-refractivity contribution is 6.08. The first-order chi connectivity index (χ1) is 12.7. The van der Waals surface area contributed by atoms with Crippen LogP contribution in [0.15, 0.2) is 18.2 Å². The molecule has 2 fully saturated rings. The Hall–Kier alpha value is -2.29. The Morgan fingerprint density at radius 2 is 1.89 bits per heavy atom. The Labute approximate surface area is 153 Å². The fraction of sp³-hybridized carbons (Fsp3) is 0.556. The van der Waals surface area contributed by atoms with Crippen molar-refractivity contribution in [2.75, 3.05) is 7.11 Å². The van der Waals surface area contributed by atoms with E-state index in [1.54, 1.807) is 13.2 Å². The highest BCUT2D eigenvalue weighted by Crippen LogP contribution is 2.59. The van der Waals surface area contributed by atoms with Crippen LogP contribution in [0.2, 0.25) is 0 Å². The van der Waals surface area contributed by atoms with Gasteiger partial charge in [0.2, 0.25) is 0 Å². The summed E-state index contributed by atoms with van der Waals surface area (Å²) in [5, 5.41) is 5.01. The molecule has 3 aliphatic rings. The minimum absolute atomic E-state index is 0.0701. The molecule has 1 saturated heterocycles. The molecule has 2 aliphatic carbocycles. The van der Waals surface area contributed by atoms with Crippen molar-refractivity contribution in [3.63, 3.8) is 0 Å². The molecule has 6 nitrogen and oxygen atoms in total. The van der Waals surface area contributed by atoms with Crippen molar-refractivity contribution in [2.24, 2.45) is 5.41 Å². The quantitative estimate of drug-likeness (QED) is 0.769. The van der Waals surface area contributed by atoms with Gasteiger partial charge in [0.05, 0.1) is 6.10 Å². The van der Waals surface area contributed by atoms with Crippen molar-refractivity contribution in [3.05, 3.63) is 29.3 Å². The van der Waals surface area contributed by atoms with E-state index in [0.29, 0.717) is 37.7 Å². The average Bonchev–Trinajstić information content (AvgIpc) is 3.03. The third-order valence-corrected chi connectivity index (χ3v) is 6.14. The number of alkyl halides is 3. The van der Waals surface area contributed by atoms with Gasteiger partial charge in [-0.2, -0.15) is 0 Å². The van der Waals surface area contributed by atoms with Crippen LogP contribution in [0.25, 0.3) is 0 Å². The normalized spacial score (nSPS) is 32.5. The van der Waals surface area contributed by atoms with E-state index >= 15 is 0 Å². The van der Waals surface area contributed by atoms with Crippen LogP contribution in [-0.2, 0) is 21.5 Å². The smallest absolute Gasteiger partial charge is 0.406 e. The maximum Gasteiger partial charge on any atom is 0.573 e. The fourth-order valence-corrected chi connectivity index (χ4v) is 4.99. The van der Waals surface area contributed by atoms with Crippen molar-refractivity contribution >= 4 is 11.9 Å². The van der Waals surface area contributed by atoms with E-state index in [9.17, 15) is 22.8 Å². The van der Waals surface area contributed by atoms with Gasteiger partial charge in [-0.15, -0.1) is 13.2 Å². The summed E-state index contributed by atoms with van der Waals surface area (Å²) in [5.41, 5.74) is -0.859. The summed E-state index contributed by atoms with van der Waals surface area (Å²) in [5.74, 6) is -0.927. The summed E-state index contributed by atoms with van der Waals surface area (Å²) < 4.78 is 47.4. The molecule has 1 heterocycles. The number of urea groups is 1. The van der Waals surface area contributed by atoms with Gasteiger partial charge < -0.3 is 14.8 Å². The van der Waals surface area contributed by atoms with Crippen molar-refractivity contribution in [3.8, 4) is 5.75 Å². The van der Waals surface area contributed by atoms with Crippen molar-refractivity contribution < 1.29 is 32.2 Å². The maximum atomic E-state index is 12.9. The average molecular weight is 384 g/mol. The number of fused-ring (bicyclic) bond motifs is 3. The summed E-state index contributed by atoms with van der Waals surface area (Å²) in [6.07, 6.45) is -1.62. The molecule has 9 heteroatoms. The van der Waals surface area contributed by atoms with E-state index in [-0.39, 0.29) is 6.10 Å². The Morgan fingerprint density at radius 1 is 1.19 bits per heavy atom. The zero-order chi connectivity index (χ0) is 19.4. The van der Waals surface area contributed by atoms with Gasteiger partial charge in [0, 0.05) is 12.5 Å². The zero-order valence-electron chi connectivity index (χ0n) is 14.6. The van der Waals surface area contributed by atoms with Gasteiger partial charge >= 0.3 is 12.4 Å². The minimum atomic E-state index is -4.84. The van der Waals surface area contributed by atoms with Crippen LogP contribution in [0, 0.1) is 5.41 Å². The molecule has 27 heavy (non-hydrogen) atoms. The lowest BCUT2D eigenvalue weighted by atomic mass is 9.61. The molecular formula is C18H19F3N2O4. The molecule has 2 N–H and O–H groups in total. The molecule has 0 bridgehead atoms. The molecule has 0 aromatic heterocycles. The van der Waals surface area contributed by atoms with Crippen LogP contribution in [-0.4, -0.2) is 31.5 Å². The Bertz CT molecular complexity index is 802. The lowest BCUT2D eigenvalue weighted by molar-refractivity contribution is -0.274. The number of hydrogen-bond acceptors (Lipinski definition) is 4. The number of nitrogens with one attached hydrogen (secondary N) is 2. The number of carbonyl (C=O) groups excluding carboxylic acids is 2. The van der Waals surface area contributed by atoms with Gasteiger partial charge in [-0.1, -0.05) is 6.07 Å². The number of amides is 3. The lowest BCUT2D eigenvalue weighted by Crippen LogP contribution is -2.56. The van der Waals surface area contributed by atoms with Gasteiger partial charge in [0.25, 0.3) is 5.91 Å². The number of rotatable bonds is 2. The van der Waals surface area contributed by atoms with E-state index < -0.39 is 35.0 Å². The molecule has 1 atom stereocenters. The molecule has 2 spiro atoms. The molecule has 1 aromatic rings. The summed E-state index contributed by atoms with van der Waals surface area (Å²) in [6.45, 7) is 0. The first kappa shape index (κ1) is 18.1. The van der Waals surface area contributed by atoms with E-state index in [1.807, 2.05) is 0 Å². The summed E-state index contributed by atoms with van der Waals surface area (Å²) in [7, 11) is 1.63. The Morgan fingerprint density at radius 3 is 2.44 bits per heavy atom. The molecule has 3 amide bonds. The number of methoxy groups -OCH3 is 1. The molecule has 0 radical (unpaired) electrons. The number of ether oxygens (including phenoxy) is 2. The summed E-state index contributed by atoms with van der Waals surface area (Å²) >= 11 is 0. The highest BCUT2D eigenvalue weighted by atomic mass is 19.4. The van der Waals surface area contributed by atoms with E-state index in [1.165, 1.54) is 12.1 Å². The Kier molecular flexibility index (Phi) is 3.92. The van der Waals surface area contributed by atoms with Gasteiger partial charge in [0.15, 0.2) is 5.54 Å². The number of halogens is 3. The third-order valence-electron chi connectivity index (χ3n) is 6.14. The van der Waals surface area contributed by atoms with Crippen LogP contribution in [0.1, 0.15) is 36.8 Å². The van der Waals surface area contributed by atoms with Gasteiger partial charge in [-0.05, 0) is 55.4 Å². The van der Waals surface area contributed by atoms with Crippen molar-refractivity contribution in [1.82, 2.24) is 10.6 Å². The second-order valence-corrected chi connectivity index (χ2v) is 7.42. The zero-order valence-corrected chi connectivity index (χ0v) is 14.6. The van der Waals surface area contributed by atoms with E-state index in [2.05, 4.69) is 15.4 Å². The maximum absolute atomic E-state index is 12.9. The third kappa shape index (κ3) is 2.67. The van der Waals surface area contributed by atoms with Crippen LogP contribution in [0.5, 0.6) is 5.75 Å². The van der Waals surface area contributed by atoms with Crippen LogP contribution in [0.4, 0.5) is 18.0 Å². The van der Waals surface area contributed by atoms with Crippen LogP contribution in [0.3, 0.4) is 0 Å². The molecule has 1 aliphatic heterocycles. The first-order valence-electron chi connectivity index (χ1n) is 8.75. The van der Waals surface area contributed by atoms with Gasteiger partial charge in [-0.25, -0.2) is 4.79 Å². The van der Waals surface area contributed by atoms with Gasteiger partial charge in [-0.3, -0.25) is 10.1 Å². The number of benzene rings is 1. The molecule has 146 valence electrons. The van der Waals surface area contributed by atoms with Crippen LogP contribution >= 0.6 is 0 Å². The van der Waals surface area contributed by atoms with Crippen molar-refractivity contribution in [2.45, 2.75) is 50.1 Å². The second kappa shape index (κ2) is 5.85. The predicted octanol–water partition coefficient (Wildman–Crippen LogP) is 2.75. The Balaban J connectivity index is 1.80. The molecule has 1 saturated carbocycles. The second-order valence-electron chi connectivity index (χ2n) is 7.42. The van der Waals surface area contributed by atoms with E-state index in [0.717, 1.165) is 5.56 Å². The summed E-state index contributed by atoms with van der Waals surface area (Å²) in [6, 6.07) is 3.38. The largest absolute Gasteiger partial charge is 0.573 e. The SMILES string of the molecule is COC1CCC2(CC1)Cc1ccc(OC(F)(F)F)cc1C21NC(=O)NC1=O. The van der Waals surface area contributed by atoms with Gasteiger partial charge in [0.1, 0.15) is 5.75 Å². The first-order valence-corrected chi connectivity index (χ1v) is 8.75. The molecule has 1 aromatic carbocycles. The molecule has 1 unspecified atom stereocenters. The summed E-state index contributed by atoms with van der Waals surface area (Å²) in [4.78, 5) is 24.9. The number of carbonyl (C=O) groups is 2. The topological polar surface area (TPSA) is 76.7 Å². The van der Waals surface area contributed by atoms with Crippen molar-refractivity contribution in [1.29, 1.82) is 0 Å². The lowest BCUT2D eigenvalue weighted by Gasteiger charge is -2.46. The number of hydrogen-bond donors (Lipinski definition) is 2. The minimum Gasteiger partial charge on any atom is -0.406 e. The fourth-order valence-electron chi connectivity index (χ4n) is 4.99. The van der Waals surface area contributed by atoms with E-state index in [4.69, 9.17) is 4.74 Å². The monoisotopic (exact) mass is 384 g/mol. The predicted molar refractivity (Wildman–Crippen MR) is 86.9 cm³/mol. The molecular weight excluding hydrogens is 365 g/mol.